The molecule has 0 N–H and O–H groups in total. The average molecular weight is 764 g/mol. The minimum Gasteiger partial charge on any atom is -1.00 e. The zero-order valence-corrected chi connectivity index (χ0v) is 34.8. The molecule has 0 unspecified atom stereocenters. The van der Waals surface area contributed by atoms with Crippen molar-refractivity contribution in [3.8, 4) is 22.3 Å². The maximum Gasteiger partial charge on any atom is 2.00 e. The van der Waals surface area contributed by atoms with E-state index < -0.39 is 0 Å². The van der Waals surface area contributed by atoms with Crippen LogP contribution in [0.1, 0.15) is 131 Å². The van der Waals surface area contributed by atoms with Gasteiger partial charge in [-0.2, -0.15) is 12.1 Å². The number of hydrogen-bond acceptors (Lipinski definition) is 0. The van der Waals surface area contributed by atoms with Crippen molar-refractivity contribution < 1.29 is 46.5 Å². The minimum atomic E-state index is 0. The van der Waals surface area contributed by atoms with E-state index in [0.717, 1.165) is 18.3 Å². The van der Waals surface area contributed by atoms with Crippen molar-refractivity contribution >= 4 is 21.5 Å². The maximum absolute atomic E-state index is 3.38. The summed E-state index contributed by atoms with van der Waals surface area (Å²) in [6.45, 7) is 15.8. The third kappa shape index (κ3) is 10.3. The molecular formula is C49H56Cl2Ti-4. The third-order valence-corrected chi connectivity index (χ3v) is 11.0. The fourth-order valence-electron chi connectivity index (χ4n) is 8.10. The molecule has 0 aromatic heterocycles. The van der Waals surface area contributed by atoms with Crippen LogP contribution >= 0.6 is 0 Å². The monoisotopic (exact) mass is 762 g/mol. The Morgan fingerprint density at radius 2 is 0.865 bits per heavy atom. The molecule has 3 heteroatoms. The van der Waals surface area contributed by atoms with E-state index in [2.05, 4.69) is 151 Å². The van der Waals surface area contributed by atoms with E-state index in [1.165, 1.54) is 106 Å². The first-order valence-electron chi connectivity index (χ1n) is 19.0. The van der Waals surface area contributed by atoms with Gasteiger partial charge in [0.15, 0.2) is 0 Å². The van der Waals surface area contributed by atoms with Gasteiger partial charge in [-0.3, -0.25) is 0 Å². The normalized spacial score (nSPS) is 14.3. The zero-order chi connectivity index (χ0) is 34.3. The zero-order valence-electron chi connectivity index (χ0n) is 31.7. The van der Waals surface area contributed by atoms with Gasteiger partial charge in [-0.05, 0) is 71.6 Å². The summed E-state index contributed by atoms with van der Waals surface area (Å²) >= 11 is 0. The molecular weight excluding hydrogens is 707 g/mol. The molecule has 2 fully saturated rings. The van der Waals surface area contributed by atoms with Gasteiger partial charge in [0.2, 0.25) is 0 Å². The van der Waals surface area contributed by atoms with E-state index in [0.29, 0.717) is 11.8 Å². The fraction of sp³-hybridized carbons (Fsp3) is 0.347. The fourth-order valence-corrected chi connectivity index (χ4v) is 8.10. The van der Waals surface area contributed by atoms with Crippen LogP contribution in [-0.4, -0.2) is 0 Å². The first-order valence-corrected chi connectivity index (χ1v) is 19.0. The molecule has 0 radical (unpaired) electrons. The van der Waals surface area contributed by atoms with E-state index in [9.17, 15) is 0 Å². The number of benzene rings is 4. The molecule has 0 atom stereocenters. The van der Waals surface area contributed by atoms with Gasteiger partial charge < -0.3 is 45.1 Å². The molecule has 52 heavy (non-hydrogen) atoms. The summed E-state index contributed by atoms with van der Waals surface area (Å²) in [5.74, 6) is 2.76. The summed E-state index contributed by atoms with van der Waals surface area (Å²) in [4.78, 5) is 0. The molecule has 0 aliphatic heterocycles. The molecule has 2 aliphatic rings. The molecule has 0 amide bonds. The van der Waals surface area contributed by atoms with Crippen molar-refractivity contribution in [2.75, 3.05) is 0 Å². The van der Waals surface area contributed by atoms with Gasteiger partial charge in [0.25, 0.3) is 0 Å². The number of rotatable bonds is 6. The molecule has 2 aliphatic carbocycles. The predicted octanol–water partition coefficient (Wildman–Crippen LogP) is 9.06. The van der Waals surface area contributed by atoms with Crippen LogP contribution in [0.15, 0.2) is 109 Å². The summed E-state index contributed by atoms with van der Waals surface area (Å²) in [5, 5.41) is 5.65. The first kappa shape index (κ1) is 43.8. The second-order valence-corrected chi connectivity index (χ2v) is 15.1. The summed E-state index contributed by atoms with van der Waals surface area (Å²) in [5.41, 5.74) is 11.4. The summed E-state index contributed by atoms with van der Waals surface area (Å²) in [6.07, 6.45) is 11.8. The van der Waals surface area contributed by atoms with Crippen LogP contribution in [0.3, 0.4) is 0 Å². The van der Waals surface area contributed by atoms with Gasteiger partial charge in [0, 0.05) is 0 Å². The van der Waals surface area contributed by atoms with E-state index in [1.54, 1.807) is 11.1 Å². The number of halogens is 2. The molecule has 0 spiro atoms. The van der Waals surface area contributed by atoms with E-state index in [-0.39, 0.29) is 46.5 Å². The Labute approximate surface area is 342 Å². The summed E-state index contributed by atoms with van der Waals surface area (Å²) in [6, 6.07) is 41.5. The topological polar surface area (TPSA) is 0 Å². The molecule has 0 heterocycles. The molecule has 0 nitrogen and oxygen atoms in total. The summed E-state index contributed by atoms with van der Waals surface area (Å²) in [7, 11) is 0. The van der Waals surface area contributed by atoms with Crippen molar-refractivity contribution in [3.05, 3.63) is 145 Å². The van der Waals surface area contributed by atoms with Crippen LogP contribution in [-0.2, 0) is 21.7 Å². The van der Waals surface area contributed by atoms with Gasteiger partial charge in [0.1, 0.15) is 0 Å². The molecule has 6 aromatic rings. The Hall–Kier alpha value is -2.61. The summed E-state index contributed by atoms with van der Waals surface area (Å²) < 4.78 is 0. The molecule has 8 rings (SSSR count). The van der Waals surface area contributed by atoms with Crippen LogP contribution in [0.2, 0.25) is 0 Å². The average Bonchev–Trinajstić information content (AvgIpc) is 3.95. The van der Waals surface area contributed by atoms with Gasteiger partial charge in [0.05, 0.1) is 0 Å². The van der Waals surface area contributed by atoms with Crippen LogP contribution in [0.5, 0.6) is 0 Å². The van der Waals surface area contributed by atoms with Crippen molar-refractivity contribution in [2.45, 2.75) is 109 Å². The van der Waals surface area contributed by atoms with Crippen molar-refractivity contribution in [3.63, 3.8) is 0 Å². The first-order chi connectivity index (χ1) is 23.9. The Morgan fingerprint density at radius 1 is 0.538 bits per heavy atom. The molecule has 0 bridgehead atoms. The second kappa shape index (κ2) is 20.7. The van der Waals surface area contributed by atoms with Gasteiger partial charge in [-0.25, -0.2) is 0 Å². The number of hydrogen-bond donors (Lipinski definition) is 0. The van der Waals surface area contributed by atoms with Crippen LogP contribution in [0.4, 0.5) is 0 Å². The van der Waals surface area contributed by atoms with Gasteiger partial charge in [-0.15, -0.1) is 69.1 Å². The SMILES string of the molecule is CC(C)c1ccc(-c2cccc3[cH-]c(C4CCCC4)cc23)cc1.CC(C)c1ccc(-c2cccc3[cH-]c(C4CCCC4)cc23)cc1.[CH2-]C[CH2-].[Cl-].[Cl-].[Ti+2]. The van der Waals surface area contributed by atoms with Crippen LogP contribution < -0.4 is 24.8 Å². The third-order valence-electron chi connectivity index (χ3n) is 11.0. The molecule has 6 aromatic carbocycles. The van der Waals surface area contributed by atoms with Gasteiger partial charge in [-0.1, -0.05) is 125 Å². The Balaban J connectivity index is 0.000000248. The Morgan fingerprint density at radius 3 is 1.17 bits per heavy atom. The second-order valence-electron chi connectivity index (χ2n) is 15.1. The van der Waals surface area contributed by atoms with E-state index >= 15 is 0 Å². The molecule has 274 valence electrons. The Bertz CT molecular complexity index is 1770. The van der Waals surface area contributed by atoms with Crippen molar-refractivity contribution in [2.24, 2.45) is 0 Å². The minimum absolute atomic E-state index is 0. The molecule has 2 saturated carbocycles. The smallest absolute Gasteiger partial charge is 1.00 e. The maximum atomic E-state index is 3.38. The van der Waals surface area contributed by atoms with Crippen molar-refractivity contribution in [1.29, 1.82) is 0 Å². The Kier molecular flexibility index (Phi) is 17.5. The van der Waals surface area contributed by atoms with E-state index in [4.69, 9.17) is 0 Å². The number of fused-ring (bicyclic) bond motifs is 2. The van der Waals surface area contributed by atoms with Crippen molar-refractivity contribution in [1.82, 2.24) is 0 Å². The molecule has 0 saturated heterocycles. The van der Waals surface area contributed by atoms with Crippen LogP contribution in [0.25, 0.3) is 43.8 Å². The largest absolute Gasteiger partial charge is 2.00 e. The van der Waals surface area contributed by atoms with Crippen LogP contribution in [0, 0.1) is 13.8 Å². The van der Waals surface area contributed by atoms with E-state index in [1.807, 2.05) is 0 Å². The van der Waals surface area contributed by atoms with Gasteiger partial charge >= 0.3 is 21.7 Å². The quantitative estimate of drug-likeness (QED) is 0.117. The standard InChI is InChI=1S/2C23H25.C3H6.2ClH.Ti/c2*1-16(2)17-10-12-19(13-11-17)22-9-5-8-20-14-21(15-23(20)22)18-6-3-4-7-18;1-3-2;;;/h2*5,8-16,18H,3-4,6-7H2,1-2H3;1-3H2;2*1H;/q2*-1;-2;;;+2/p-2. The predicted molar refractivity (Wildman–Crippen MR) is 216 cm³/mol.